The quantitative estimate of drug-likeness (QED) is 0.741. The van der Waals surface area contributed by atoms with Crippen LogP contribution in [-0.2, 0) is 10.2 Å². The Balaban J connectivity index is 2.42. The fourth-order valence-corrected chi connectivity index (χ4v) is 2.44. The largest absolute Gasteiger partial charge is 0.508 e. The van der Waals surface area contributed by atoms with Gasteiger partial charge in [0.05, 0.1) is 0 Å². The highest BCUT2D eigenvalue weighted by Gasteiger charge is 2.64. The highest BCUT2D eigenvalue weighted by Crippen LogP contribution is 2.57. The summed E-state index contributed by atoms with van der Waals surface area (Å²) >= 11 is 0. The minimum absolute atomic E-state index is 0.0635. The van der Waals surface area contributed by atoms with Gasteiger partial charge in [0.1, 0.15) is 11.6 Å². The second-order valence-corrected chi connectivity index (χ2v) is 5.34. The van der Waals surface area contributed by atoms with E-state index in [0.717, 1.165) is 18.2 Å². The lowest BCUT2D eigenvalue weighted by Crippen LogP contribution is -2.57. The van der Waals surface area contributed by atoms with E-state index in [2.05, 4.69) is 0 Å². The van der Waals surface area contributed by atoms with Crippen molar-refractivity contribution in [2.24, 2.45) is 5.73 Å². The summed E-state index contributed by atoms with van der Waals surface area (Å²) in [6, 6.07) is 2.88. The van der Waals surface area contributed by atoms with Crippen LogP contribution in [0.5, 0.6) is 5.75 Å². The monoisotopic (exact) mass is 307 g/mol. The first-order valence-electron chi connectivity index (χ1n) is 6.10. The second-order valence-electron chi connectivity index (χ2n) is 5.34. The van der Waals surface area contributed by atoms with Crippen molar-refractivity contribution in [2.75, 3.05) is 0 Å². The van der Waals surface area contributed by atoms with Gasteiger partial charge in [0.2, 0.25) is 5.60 Å². The number of phenolic OH excluding ortho intramolecular Hbond substituents is 1. The summed E-state index contributed by atoms with van der Waals surface area (Å²) in [6.45, 7) is 0. The van der Waals surface area contributed by atoms with Crippen LogP contribution in [0.25, 0.3) is 0 Å². The van der Waals surface area contributed by atoms with Crippen LogP contribution in [0.2, 0.25) is 0 Å². The number of phenols is 1. The van der Waals surface area contributed by atoms with E-state index < -0.39 is 35.3 Å². The molecular formula is C13H13F4NO3. The lowest BCUT2D eigenvalue weighted by Gasteiger charge is -2.31. The number of alkyl halides is 3. The fourth-order valence-electron chi connectivity index (χ4n) is 2.44. The zero-order valence-electron chi connectivity index (χ0n) is 10.7. The van der Waals surface area contributed by atoms with Crippen molar-refractivity contribution in [3.8, 4) is 5.75 Å². The third kappa shape index (κ3) is 2.55. The van der Waals surface area contributed by atoms with Crippen molar-refractivity contribution in [1.29, 1.82) is 0 Å². The molecule has 1 aromatic carbocycles. The average Bonchev–Trinajstić information content (AvgIpc) is 3.11. The predicted octanol–water partition coefficient (Wildman–Crippen LogP) is 1.73. The number of carbonyl (C=O) groups is 1. The Morgan fingerprint density at radius 3 is 2.33 bits per heavy atom. The van der Waals surface area contributed by atoms with Crippen molar-refractivity contribution in [2.45, 2.75) is 36.5 Å². The van der Waals surface area contributed by atoms with E-state index in [4.69, 9.17) is 5.73 Å². The smallest absolute Gasteiger partial charge is 0.426 e. The van der Waals surface area contributed by atoms with Crippen molar-refractivity contribution in [3.63, 3.8) is 0 Å². The summed E-state index contributed by atoms with van der Waals surface area (Å²) in [5, 5.41) is 19.4. The molecule has 1 saturated carbocycles. The molecule has 4 N–H and O–H groups in total. The second kappa shape index (κ2) is 4.59. The molecule has 0 radical (unpaired) electrons. The van der Waals surface area contributed by atoms with Crippen LogP contribution in [0.3, 0.4) is 0 Å². The summed E-state index contributed by atoms with van der Waals surface area (Å²) in [4.78, 5) is 11.1. The Hall–Kier alpha value is -1.83. The number of rotatable bonds is 4. The van der Waals surface area contributed by atoms with Crippen LogP contribution in [0.1, 0.15) is 24.8 Å². The Kier molecular flexibility index (Phi) is 3.40. The number of aromatic hydroxyl groups is 1. The van der Waals surface area contributed by atoms with Gasteiger partial charge in [-0.15, -0.1) is 0 Å². The number of primary amides is 1. The molecule has 21 heavy (non-hydrogen) atoms. The zero-order valence-corrected chi connectivity index (χ0v) is 10.7. The molecule has 0 aliphatic heterocycles. The molecule has 1 unspecified atom stereocenters. The maximum Gasteiger partial charge on any atom is 0.426 e. The Morgan fingerprint density at radius 1 is 1.33 bits per heavy atom. The number of hydrogen-bond acceptors (Lipinski definition) is 3. The highest BCUT2D eigenvalue weighted by atomic mass is 19.4. The summed E-state index contributed by atoms with van der Waals surface area (Å²) < 4.78 is 52.0. The van der Waals surface area contributed by atoms with E-state index >= 15 is 0 Å². The molecule has 1 aliphatic rings. The molecule has 1 atom stereocenters. The van der Waals surface area contributed by atoms with E-state index in [1.165, 1.54) is 0 Å². The van der Waals surface area contributed by atoms with E-state index in [1.54, 1.807) is 0 Å². The molecule has 1 fully saturated rings. The Labute approximate surface area is 117 Å². The summed E-state index contributed by atoms with van der Waals surface area (Å²) in [5.41, 5.74) is -0.405. The lowest BCUT2D eigenvalue weighted by atomic mass is 9.82. The first kappa shape index (κ1) is 15.6. The summed E-state index contributed by atoms with van der Waals surface area (Å²) in [6.07, 6.45) is -5.95. The van der Waals surface area contributed by atoms with Gasteiger partial charge in [-0.25, -0.2) is 4.39 Å². The van der Waals surface area contributed by atoms with Crippen molar-refractivity contribution < 1.29 is 32.6 Å². The van der Waals surface area contributed by atoms with Crippen LogP contribution >= 0.6 is 0 Å². The van der Waals surface area contributed by atoms with Gasteiger partial charge in [0.15, 0.2) is 0 Å². The van der Waals surface area contributed by atoms with E-state index in [0.29, 0.717) is 0 Å². The molecule has 0 saturated heterocycles. The SMILES string of the molecule is NC(=O)C(O)(CC1(c2cc(F)ccc2O)CC1)C(F)(F)F. The number of benzene rings is 1. The molecule has 4 nitrogen and oxygen atoms in total. The molecule has 8 heteroatoms. The fraction of sp³-hybridized carbons (Fsp3) is 0.462. The minimum Gasteiger partial charge on any atom is -0.508 e. The van der Waals surface area contributed by atoms with Gasteiger partial charge in [-0.1, -0.05) is 0 Å². The van der Waals surface area contributed by atoms with E-state index in [-0.39, 0.29) is 24.2 Å². The van der Waals surface area contributed by atoms with Gasteiger partial charge in [0, 0.05) is 17.4 Å². The molecule has 0 bridgehead atoms. The number of carbonyl (C=O) groups excluding carboxylic acids is 1. The highest BCUT2D eigenvalue weighted by molar-refractivity contribution is 5.84. The average molecular weight is 307 g/mol. The van der Waals surface area contributed by atoms with Crippen LogP contribution in [0, 0.1) is 5.82 Å². The minimum atomic E-state index is -5.25. The normalized spacial score (nSPS) is 19.9. The van der Waals surface area contributed by atoms with Gasteiger partial charge in [0.25, 0.3) is 5.91 Å². The molecule has 2 rings (SSSR count). The molecule has 116 valence electrons. The van der Waals surface area contributed by atoms with Crippen LogP contribution in [0.15, 0.2) is 18.2 Å². The molecule has 1 aliphatic carbocycles. The molecule has 0 aromatic heterocycles. The van der Waals surface area contributed by atoms with Gasteiger partial charge >= 0.3 is 6.18 Å². The third-order valence-corrected chi connectivity index (χ3v) is 3.85. The van der Waals surface area contributed by atoms with Gasteiger partial charge in [-0.2, -0.15) is 13.2 Å². The van der Waals surface area contributed by atoms with Crippen molar-refractivity contribution in [1.82, 2.24) is 0 Å². The molecule has 1 aromatic rings. The first-order chi connectivity index (χ1) is 9.52. The number of amides is 1. The maximum atomic E-state index is 13.2. The van der Waals surface area contributed by atoms with E-state index in [9.17, 15) is 32.6 Å². The van der Waals surface area contributed by atoms with Crippen molar-refractivity contribution >= 4 is 5.91 Å². The lowest BCUT2D eigenvalue weighted by molar-refractivity contribution is -0.254. The standard InChI is InChI=1S/C13H13F4NO3/c14-7-1-2-9(19)8(5-7)11(3-4-11)6-12(21,10(18)20)13(15,16)17/h1-2,5,19,21H,3-4,6H2,(H2,18,20). The third-order valence-electron chi connectivity index (χ3n) is 3.85. The van der Waals surface area contributed by atoms with Crippen LogP contribution in [0.4, 0.5) is 17.6 Å². The predicted molar refractivity (Wildman–Crippen MR) is 63.8 cm³/mol. The number of hydrogen-bond donors (Lipinski definition) is 3. The number of nitrogens with two attached hydrogens (primary N) is 1. The Bertz CT molecular complexity index is 583. The zero-order chi connectivity index (χ0) is 16.1. The van der Waals surface area contributed by atoms with Gasteiger partial charge < -0.3 is 15.9 Å². The van der Waals surface area contributed by atoms with Gasteiger partial charge in [-0.05, 0) is 31.0 Å². The topological polar surface area (TPSA) is 83.6 Å². The van der Waals surface area contributed by atoms with Crippen molar-refractivity contribution in [3.05, 3.63) is 29.6 Å². The first-order valence-corrected chi connectivity index (χ1v) is 6.10. The summed E-state index contributed by atoms with van der Waals surface area (Å²) in [7, 11) is 0. The van der Waals surface area contributed by atoms with E-state index in [1.807, 2.05) is 0 Å². The van der Waals surface area contributed by atoms with Gasteiger partial charge in [-0.3, -0.25) is 4.79 Å². The molecule has 1 amide bonds. The summed E-state index contributed by atoms with van der Waals surface area (Å²) in [5.74, 6) is -3.04. The number of aliphatic hydroxyl groups is 1. The van der Waals surface area contributed by atoms with Crippen LogP contribution < -0.4 is 5.73 Å². The molecule has 0 spiro atoms. The Morgan fingerprint density at radius 2 is 1.90 bits per heavy atom. The molecule has 0 heterocycles. The molecular weight excluding hydrogens is 294 g/mol. The van der Waals surface area contributed by atoms with Crippen LogP contribution in [-0.4, -0.2) is 27.9 Å². The maximum absolute atomic E-state index is 13.2. The number of halogens is 4.